The van der Waals surface area contributed by atoms with E-state index in [2.05, 4.69) is 5.32 Å². The Bertz CT molecular complexity index is 400. The largest absolute Gasteiger partial charge is 0.508 e. The maximum absolute atomic E-state index is 9.70. The summed E-state index contributed by atoms with van der Waals surface area (Å²) in [6.07, 6.45) is 0.498. The monoisotopic (exact) mass is 255 g/mol. The van der Waals surface area contributed by atoms with Crippen LogP contribution in [0, 0.1) is 5.41 Å². The summed E-state index contributed by atoms with van der Waals surface area (Å²) >= 11 is 6.02. The maximum atomic E-state index is 9.70. The number of phenolic OH excluding ortho intramolecular Hbond substituents is 1. The van der Waals surface area contributed by atoms with Crippen molar-refractivity contribution in [3.8, 4) is 5.75 Å². The average molecular weight is 256 g/mol. The van der Waals surface area contributed by atoms with Crippen molar-refractivity contribution in [2.45, 2.75) is 39.0 Å². The van der Waals surface area contributed by atoms with Gasteiger partial charge < -0.3 is 15.5 Å². The molecule has 0 saturated heterocycles. The molecule has 1 saturated carbocycles. The van der Waals surface area contributed by atoms with E-state index >= 15 is 0 Å². The van der Waals surface area contributed by atoms with Crippen LogP contribution < -0.4 is 5.32 Å². The molecule has 0 spiro atoms. The summed E-state index contributed by atoms with van der Waals surface area (Å²) in [4.78, 5) is 0. The number of phenols is 1. The second-order valence-corrected chi connectivity index (χ2v) is 5.65. The second kappa shape index (κ2) is 4.48. The van der Waals surface area contributed by atoms with Crippen LogP contribution in [0.15, 0.2) is 18.2 Å². The molecule has 0 bridgehead atoms. The van der Waals surface area contributed by atoms with Crippen LogP contribution in [0.1, 0.15) is 25.8 Å². The van der Waals surface area contributed by atoms with E-state index in [4.69, 9.17) is 11.6 Å². The average Bonchev–Trinajstić information content (AvgIpc) is 2.27. The molecule has 1 aromatic rings. The van der Waals surface area contributed by atoms with Gasteiger partial charge in [0.1, 0.15) is 5.75 Å². The molecule has 17 heavy (non-hydrogen) atoms. The Morgan fingerprint density at radius 1 is 1.47 bits per heavy atom. The van der Waals surface area contributed by atoms with Crippen LogP contribution in [0.5, 0.6) is 5.75 Å². The van der Waals surface area contributed by atoms with Crippen molar-refractivity contribution in [2.24, 2.45) is 5.41 Å². The molecule has 3 N–H and O–H groups in total. The van der Waals surface area contributed by atoms with Gasteiger partial charge in [-0.05, 0) is 18.6 Å². The first kappa shape index (κ1) is 12.7. The molecule has 94 valence electrons. The SMILES string of the molecule is CC1(C)C(O)CC1NCc1c(O)cccc1Cl. The molecule has 4 heteroatoms. The van der Waals surface area contributed by atoms with Gasteiger partial charge >= 0.3 is 0 Å². The van der Waals surface area contributed by atoms with E-state index in [-0.39, 0.29) is 23.3 Å². The molecule has 0 amide bonds. The summed E-state index contributed by atoms with van der Waals surface area (Å²) in [5.74, 6) is 0.211. The molecule has 0 heterocycles. The molecule has 2 unspecified atom stereocenters. The van der Waals surface area contributed by atoms with Crippen molar-refractivity contribution in [2.75, 3.05) is 0 Å². The summed E-state index contributed by atoms with van der Waals surface area (Å²) in [5.41, 5.74) is 0.600. The van der Waals surface area contributed by atoms with Crippen molar-refractivity contribution in [3.63, 3.8) is 0 Å². The van der Waals surface area contributed by atoms with Gasteiger partial charge in [0.2, 0.25) is 0 Å². The van der Waals surface area contributed by atoms with E-state index in [1.807, 2.05) is 13.8 Å². The van der Waals surface area contributed by atoms with Crippen molar-refractivity contribution < 1.29 is 10.2 Å². The van der Waals surface area contributed by atoms with Crippen LogP contribution in [0.3, 0.4) is 0 Å². The fourth-order valence-corrected chi connectivity index (χ4v) is 2.43. The lowest BCUT2D eigenvalue weighted by Gasteiger charge is -2.49. The Balaban J connectivity index is 2.00. The lowest BCUT2D eigenvalue weighted by atomic mass is 9.64. The molecule has 1 aliphatic rings. The number of hydrogen-bond acceptors (Lipinski definition) is 3. The zero-order chi connectivity index (χ0) is 12.6. The summed E-state index contributed by atoms with van der Waals surface area (Å²) in [6.45, 7) is 4.59. The van der Waals surface area contributed by atoms with Crippen LogP contribution in [0.2, 0.25) is 5.02 Å². The number of aromatic hydroxyl groups is 1. The van der Waals surface area contributed by atoms with Crippen molar-refractivity contribution >= 4 is 11.6 Å². The third-order valence-corrected chi connectivity index (χ3v) is 4.19. The van der Waals surface area contributed by atoms with Gasteiger partial charge in [0, 0.05) is 28.6 Å². The van der Waals surface area contributed by atoms with Crippen molar-refractivity contribution in [1.29, 1.82) is 0 Å². The first-order valence-electron chi connectivity index (χ1n) is 5.80. The van der Waals surface area contributed by atoms with Crippen LogP contribution in [0.25, 0.3) is 0 Å². The van der Waals surface area contributed by atoms with Crippen molar-refractivity contribution in [1.82, 2.24) is 5.32 Å². The molecule has 0 aromatic heterocycles. The highest BCUT2D eigenvalue weighted by atomic mass is 35.5. The number of aliphatic hydroxyl groups is 1. The van der Waals surface area contributed by atoms with Gasteiger partial charge in [-0.3, -0.25) is 0 Å². The standard InChI is InChI=1S/C13H18ClNO2/c1-13(2)11(6-12(13)17)15-7-8-9(14)4-3-5-10(8)16/h3-5,11-12,15-17H,6-7H2,1-2H3. The minimum Gasteiger partial charge on any atom is -0.508 e. The van der Waals surface area contributed by atoms with Gasteiger partial charge in [-0.1, -0.05) is 31.5 Å². The normalized spacial score (nSPS) is 26.6. The number of hydrogen-bond donors (Lipinski definition) is 3. The number of nitrogens with one attached hydrogen (secondary N) is 1. The topological polar surface area (TPSA) is 52.5 Å². The molecule has 0 aliphatic heterocycles. The number of benzene rings is 1. The van der Waals surface area contributed by atoms with Gasteiger partial charge in [0.15, 0.2) is 0 Å². The number of halogens is 1. The fourth-order valence-electron chi connectivity index (χ4n) is 2.20. The smallest absolute Gasteiger partial charge is 0.121 e. The minimum atomic E-state index is -0.250. The minimum absolute atomic E-state index is 0.114. The predicted octanol–water partition coefficient (Wildman–Crippen LogP) is 2.29. The van der Waals surface area contributed by atoms with E-state index in [9.17, 15) is 10.2 Å². The third kappa shape index (κ3) is 2.28. The fraction of sp³-hybridized carbons (Fsp3) is 0.538. The Hall–Kier alpha value is -0.770. The van der Waals surface area contributed by atoms with Crippen molar-refractivity contribution in [3.05, 3.63) is 28.8 Å². The Kier molecular flexibility index (Phi) is 3.34. The first-order valence-corrected chi connectivity index (χ1v) is 6.18. The van der Waals surface area contributed by atoms with E-state index < -0.39 is 0 Å². The van der Waals surface area contributed by atoms with E-state index in [1.54, 1.807) is 18.2 Å². The lowest BCUT2D eigenvalue weighted by Crippen LogP contribution is -2.59. The van der Waals surface area contributed by atoms with Gasteiger partial charge in [-0.25, -0.2) is 0 Å². The molecular formula is C13H18ClNO2. The highest BCUT2D eigenvalue weighted by Gasteiger charge is 2.46. The van der Waals surface area contributed by atoms with E-state index in [0.717, 1.165) is 6.42 Å². The highest BCUT2D eigenvalue weighted by molar-refractivity contribution is 6.31. The van der Waals surface area contributed by atoms with Gasteiger partial charge in [0.05, 0.1) is 6.10 Å². The van der Waals surface area contributed by atoms with Gasteiger partial charge in [-0.2, -0.15) is 0 Å². The molecule has 1 fully saturated rings. The summed E-state index contributed by atoms with van der Waals surface area (Å²) < 4.78 is 0. The molecular weight excluding hydrogens is 238 g/mol. The van der Waals surface area contributed by atoms with Gasteiger partial charge in [-0.15, -0.1) is 0 Å². The second-order valence-electron chi connectivity index (χ2n) is 5.24. The van der Waals surface area contributed by atoms with Crippen LogP contribution >= 0.6 is 11.6 Å². The summed E-state index contributed by atoms with van der Waals surface area (Å²) in [6, 6.07) is 5.37. The maximum Gasteiger partial charge on any atom is 0.121 e. The molecule has 1 aliphatic carbocycles. The lowest BCUT2D eigenvalue weighted by molar-refractivity contribution is -0.0730. The summed E-state index contributed by atoms with van der Waals surface area (Å²) in [7, 11) is 0. The van der Waals surface area contributed by atoms with Crippen LogP contribution in [-0.2, 0) is 6.54 Å². The van der Waals surface area contributed by atoms with Crippen LogP contribution in [0.4, 0.5) is 0 Å². The molecule has 2 atom stereocenters. The van der Waals surface area contributed by atoms with E-state index in [0.29, 0.717) is 17.1 Å². The highest BCUT2D eigenvalue weighted by Crippen LogP contribution is 2.40. The number of rotatable bonds is 3. The summed E-state index contributed by atoms with van der Waals surface area (Å²) in [5, 5.41) is 23.2. The Labute approximate surface area is 106 Å². The molecule has 3 nitrogen and oxygen atoms in total. The third-order valence-electron chi connectivity index (χ3n) is 3.84. The van der Waals surface area contributed by atoms with Crippen LogP contribution in [-0.4, -0.2) is 22.4 Å². The molecule has 0 radical (unpaired) electrons. The predicted molar refractivity (Wildman–Crippen MR) is 68.1 cm³/mol. The number of aliphatic hydroxyl groups excluding tert-OH is 1. The molecule has 2 rings (SSSR count). The van der Waals surface area contributed by atoms with Gasteiger partial charge in [0.25, 0.3) is 0 Å². The van der Waals surface area contributed by atoms with E-state index in [1.165, 1.54) is 0 Å². The first-order chi connectivity index (χ1) is 7.93. The zero-order valence-corrected chi connectivity index (χ0v) is 10.8. The Morgan fingerprint density at radius 2 is 2.18 bits per heavy atom. The zero-order valence-electron chi connectivity index (χ0n) is 10.1. The Morgan fingerprint density at radius 3 is 2.71 bits per heavy atom. The quantitative estimate of drug-likeness (QED) is 0.777. The molecule has 1 aromatic carbocycles.